The van der Waals surface area contributed by atoms with Crippen molar-refractivity contribution in [3.8, 4) is 5.75 Å². The summed E-state index contributed by atoms with van der Waals surface area (Å²) in [5.74, 6) is 1.26. The van der Waals surface area contributed by atoms with Crippen LogP contribution in [0.25, 0.3) is 0 Å². The van der Waals surface area contributed by atoms with Gasteiger partial charge in [0.15, 0.2) is 0 Å². The van der Waals surface area contributed by atoms with Crippen LogP contribution in [0.4, 0.5) is 10.2 Å². The monoisotopic (exact) mass is 247 g/mol. The molecule has 0 aliphatic carbocycles. The number of aryl methyl sites for hydroxylation is 1. The Labute approximate surface area is 105 Å². The summed E-state index contributed by atoms with van der Waals surface area (Å²) in [6.07, 6.45) is 0.382. The van der Waals surface area contributed by atoms with Gasteiger partial charge in [0.2, 0.25) is 0 Å². The molecule has 0 aliphatic rings. The molecule has 0 saturated carbocycles. The van der Waals surface area contributed by atoms with Crippen LogP contribution in [0.3, 0.4) is 0 Å². The zero-order valence-corrected chi connectivity index (χ0v) is 10.3. The molecule has 0 spiro atoms. The molecule has 0 saturated heterocycles. The van der Waals surface area contributed by atoms with Crippen molar-refractivity contribution in [3.05, 3.63) is 47.2 Å². The highest BCUT2D eigenvalue weighted by Gasteiger charge is 2.08. The molecule has 2 rings (SSSR count). The highest BCUT2D eigenvalue weighted by molar-refractivity contribution is 5.37. The van der Waals surface area contributed by atoms with Gasteiger partial charge in [-0.05, 0) is 25.1 Å². The summed E-state index contributed by atoms with van der Waals surface area (Å²) in [6.45, 7) is 1.84. The number of rotatable bonds is 3. The van der Waals surface area contributed by atoms with Crippen LogP contribution in [-0.2, 0) is 6.42 Å². The third-order valence-corrected chi connectivity index (χ3v) is 2.51. The molecule has 0 bridgehead atoms. The quantitative estimate of drug-likeness (QED) is 0.902. The van der Waals surface area contributed by atoms with Crippen molar-refractivity contribution in [1.29, 1.82) is 0 Å². The number of halogens is 1. The van der Waals surface area contributed by atoms with E-state index in [1.165, 1.54) is 12.1 Å². The highest BCUT2D eigenvalue weighted by atomic mass is 19.1. The summed E-state index contributed by atoms with van der Waals surface area (Å²) < 4.78 is 18.4. The van der Waals surface area contributed by atoms with E-state index in [0.717, 1.165) is 5.69 Å². The van der Waals surface area contributed by atoms with Gasteiger partial charge >= 0.3 is 0 Å². The van der Waals surface area contributed by atoms with Crippen molar-refractivity contribution in [2.75, 3.05) is 12.8 Å². The van der Waals surface area contributed by atoms with Crippen LogP contribution in [0, 0.1) is 12.7 Å². The molecule has 0 aliphatic heterocycles. The van der Waals surface area contributed by atoms with Crippen molar-refractivity contribution in [3.63, 3.8) is 0 Å². The number of nitrogens with two attached hydrogens (primary N) is 1. The van der Waals surface area contributed by atoms with E-state index in [0.29, 0.717) is 29.4 Å². The predicted molar refractivity (Wildman–Crippen MR) is 66.9 cm³/mol. The van der Waals surface area contributed by atoms with Crippen molar-refractivity contribution >= 4 is 5.82 Å². The lowest BCUT2D eigenvalue weighted by Gasteiger charge is -2.08. The van der Waals surface area contributed by atoms with Crippen LogP contribution in [0.1, 0.15) is 17.1 Å². The summed E-state index contributed by atoms with van der Waals surface area (Å²) in [5, 5.41) is 0. The summed E-state index contributed by atoms with van der Waals surface area (Å²) in [6, 6.07) is 6.05. The number of aromatic nitrogens is 2. The van der Waals surface area contributed by atoms with Gasteiger partial charge in [0.05, 0.1) is 7.11 Å². The first-order valence-electron chi connectivity index (χ1n) is 5.51. The molecule has 1 aromatic heterocycles. The molecule has 0 radical (unpaired) electrons. The van der Waals surface area contributed by atoms with Crippen LogP contribution in [0.15, 0.2) is 24.3 Å². The van der Waals surface area contributed by atoms with E-state index < -0.39 is 0 Å². The minimum Gasteiger partial charge on any atom is -0.496 e. The van der Waals surface area contributed by atoms with Crippen molar-refractivity contribution in [2.24, 2.45) is 0 Å². The van der Waals surface area contributed by atoms with Gasteiger partial charge in [-0.1, -0.05) is 0 Å². The van der Waals surface area contributed by atoms with Gasteiger partial charge in [-0.3, -0.25) is 0 Å². The molecule has 94 valence electrons. The minimum atomic E-state index is -0.313. The Morgan fingerprint density at radius 1 is 1.28 bits per heavy atom. The van der Waals surface area contributed by atoms with E-state index in [1.807, 2.05) is 6.92 Å². The highest BCUT2D eigenvalue weighted by Crippen LogP contribution is 2.21. The largest absolute Gasteiger partial charge is 0.496 e. The lowest BCUT2D eigenvalue weighted by atomic mass is 10.1. The van der Waals surface area contributed by atoms with Crippen LogP contribution in [0.5, 0.6) is 5.75 Å². The summed E-state index contributed by atoms with van der Waals surface area (Å²) in [4.78, 5) is 8.39. The Hall–Kier alpha value is -2.17. The van der Waals surface area contributed by atoms with Crippen LogP contribution >= 0.6 is 0 Å². The number of methoxy groups -OCH3 is 1. The Balaban J connectivity index is 2.35. The normalized spacial score (nSPS) is 10.4. The Bertz CT molecular complexity index is 552. The Morgan fingerprint density at radius 3 is 2.72 bits per heavy atom. The molecule has 18 heavy (non-hydrogen) atoms. The fourth-order valence-corrected chi connectivity index (χ4v) is 1.79. The van der Waals surface area contributed by atoms with Crippen LogP contribution in [-0.4, -0.2) is 17.1 Å². The van der Waals surface area contributed by atoms with Gasteiger partial charge in [-0.15, -0.1) is 0 Å². The van der Waals surface area contributed by atoms with Gasteiger partial charge in [0, 0.05) is 23.7 Å². The number of hydrogen-bond donors (Lipinski definition) is 1. The molecule has 2 aromatic rings. The number of anilines is 1. The average molecular weight is 247 g/mol. The second-order valence-electron chi connectivity index (χ2n) is 3.98. The van der Waals surface area contributed by atoms with E-state index in [2.05, 4.69) is 9.97 Å². The standard InChI is InChI=1S/C13H14FN3O/c1-8-5-12(15)17-13(16-8)7-9-6-10(14)3-4-11(9)18-2/h3-6H,7H2,1-2H3,(H2,15,16,17). The predicted octanol–water partition coefficient (Wildman–Crippen LogP) is 2.11. The molecule has 1 aromatic carbocycles. The summed E-state index contributed by atoms with van der Waals surface area (Å²) in [5.41, 5.74) is 7.14. The van der Waals surface area contributed by atoms with Crippen LogP contribution in [0.2, 0.25) is 0 Å². The third kappa shape index (κ3) is 2.74. The first-order valence-corrected chi connectivity index (χ1v) is 5.51. The molecule has 0 unspecified atom stereocenters. The van der Waals surface area contributed by atoms with Crippen molar-refractivity contribution in [2.45, 2.75) is 13.3 Å². The minimum absolute atomic E-state index is 0.313. The molecule has 2 N–H and O–H groups in total. The van der Waals surface area contributed by atoms with E-state index in [1.54, 1.807) is 19.2 Å². The molecule has 0 fully saturated rings. The number of benzene rings is 1. The Morgan fingerprint density at radius 2 is 2.06 bits per heavy atom. The fourth-order valence-electron chi connectivity index (χ4n) is 1.79. The van der Waals surface area contributed by atoms with Crippen molar-refractivity contribution in [1.82, 2.24) is 9.97 Å². The number of hydrogen-bond acceptors (Lipinski definition) is 4. The number of nitrogen functional groups attached to an aromatic ring is 1. The van der Waals surface area contributed by atoms with Gasteiger partial charge < -0.3 is 10.5 Å². The molecular formula is C13H14FN3O. The molecule has 1 heterocycles. The maximum Gasteiger partial charge on any atom is 0.135 e. The van der Waals surface area contributed by atoms with Gasteiger partial charge in [-0.2, -0.15) is 0 Å². The molecular weight excluding hydrogens is 233 g/mol. The second kappa shape index (κ2) is 5.00. The lowest BCUT2D eigenvalue weighted by molar-refractivity contribution is 0.409. The molecule has 0 atom stereocenters. The van der Waals surface area contributed by atoms with E-state index >= 15 is 0 Å². The topological polar surface area (TPSA) is 61.0 Å². The number of nitrogens with zero attached hydrogens (tertiary/aromatic N) is 2. The van der Waals surface area contributed by atoms with Gasteiger partial charge in [-0.25, -0.2) is 14.4 Å². The first kappa shape index (κ1) is 12.3. The van der Waals surface area contributed by atoms with Crippen molar-refractivity contribution < 1.29 is 9.13 Å². The Kier molecular flexibility index (Phi) is 3.41. The number of ether oxygens (including phenoxy) is 1. The van der Waals surface area contributed by atoms with Gasteiger partial charge in [0.1, 0.15) is 23.2 Å². The maximum atomic E-state index is 13.2. The van der Waals surface area contributed by atoms with E-state index in [9.17, 15) is 4.39 Å². The van der Waals surface area contributed by atoms with E-state index in [4.69, 9.17) is 10.5 Å². The first-order chi connectivity index (χ1) is 8.58. The van der Waals surface area contributed by atoms with E-state index in [-0.39, 0.29) is 5.82 Å². The van der Waals surface area contributed by atoms with Crippen LogP contribution < -0.4 is 10.5 Å². The summed E-state index contributed by atoms with van der Waals surface area (Å²) in [7, 11) is 1.54. The lowest BCUT2D eigenvalue weighted by Crippen LogP contribution is -2.03. The zero-order chi connectivity index (χ0) is 13.1. The average Bonchev–Trinajstić information content (AvgIpc) is 2.27. The fraction of sp³-hybridized carbons (Fsp3) is 0.231. The second-order valence-corrected chi connectivity index (χ2v) is 3.98. The zero-order valence-electron chi connectivity index (χ0n) is 10.3. The third-order valence-electron chi connectivity index (χ3n) is 2.51. The van der Waals surface area contributed by atoms with Gasteiger partial charge in [0.25, 0.3) is 0 Å². The maximum absolute atomic E-state index is 13.2. The molecule has 4 nitrogen and oxygen atoms in total. The molecule has 5 heteroatoms. The molecule has 0 amide bonds. The smallest absolute Gasteiger partial charge is 0.135 e. The SMILES string of the molecule is COc1ccc(F)cc1Cc1nc(C)cc(N)n1. The summed E-state index contributed by atoms with van der Waals surface area (Å²) >= 11 is 0.